The van der Waals surface area contributed by atoms with Gasteiger partial charge in [-0.25, -0.2) is 0 Å². The minimum absolute atomic E-state index is 0.0184. The van der Waals surface area contributed by atoms with E-state index < -0.39 is 12.0 Å². The Morgan fingerprint density at radius 2 is 1.19 bits per heavy atom. The van der Waals surface area contributed by atoms with E-state index in [0.717, 1.165) is 19.3 Å². The highest BCUT2D eigenvalue weighted by atomic mass is 16.5. The van der Waals surface area contributed by atoms with Gasteiger partial charge in [-0.15, -0.1) is 0 Å². The monoisotopic (exact) mass is 522 g/mol. The van der Waals surface area contributed by atoms with E-state index in [2.05, 4.69) is 12.2 Å². The number of amides is 2. The van der Waals surface area contributed by atoms with Gasteiger partial charge in [0.05, 0.1) is 13.0 Å². The maximum Gasteiger partial charge on any atom is 0.308 e. The highest BCUT2D eigenvalue weighted by Gasteiger charge is 2.34. The molecular formula is C31H58N2O4. The maximum absolute atomic E-state index is 12.7. The Kier molecular flexibility index (Phi) is 21.3. The van der Waals surface area contributed by atoms with E-state index in [1.54, 1.807) is 4.90 Å². The second-order valence-electron chi connectivity index (χ2n) is 10.9. The summed E-state index contributed by atoms with van der Waals surface area (Å²) in [4.78, 5) is 38.6. The maximum atomic E-state index is 12.7. The van der Waals surface area contributed by atoms with E-state index in [1.165, 1.54) is 109 Å². The fourth-order valence-corrected chi connectivity index (χ4v) is 5.15. The number of piperazine rings is 1. The summed E-state index contributed by atoms with van der Waals surface area (Å²) in [5, 5.41) is 2.77. The quantitative estimate of drug-likeness (QED) is 0.105. The largest absolute Gasteiger partial charge is 0.466 e. The van der Waals surface area contributed by atoms with Crippen molar-refractivity contribution in [2.24, 2.45) is 0 Å². The van der Waals surface area contributed by atoms with E-state index >= 15 is 0 Å². The fourth-order valence-electron chi connectivity index (χ4n) is 5.15. The number of rotatable bonds is 24. The van der Waals surface area contributed by atoms with E-state index in [4.69, 9.17) is 4.74 Å². The molecule has 0 aromatic carbocycles. The first-order valence-electron chi connectivity index (χ1n) is 15.8. The molecule has 0 aromatic heterocycles. The number of carbonyl (C=O) groups excluding carboxylic acids is 3. The molecule has 6 nitrogen and oxygen atoms in total. The van der Waals surface area contributed by atoms with E-state index in [-0.39, 0.29) is 18.2 Å². The summed E-state index contributed by atoms with van der Waals surface area (Å²) in [7, 11) is 0. The van der Waals surface area contributed by atoms with Crippen LogP contribution in [0.15, 0.2) is 0 Å². The van der Waals surface area contributed by atoms with Crippen LogP contribution in [0.5, 0.6) is 0 Å². The number of nitrogens with zero attached hydrogens (tertiary/aromatic N) is 1. The molecule has 1 aliphatic heterocycles. The molecule has 1 rings (SSSR count). The first-order chi connectivity index (χ1) is 18.1. The summed E-state index contributed by atoms with van der Waals surface area (Å²) in [5.74, 6) is -0.679. The van der Waals surface area contributed by atoms with Gasteiger partial charge in [-0.2, -0.15) is 0 Å². The lowest BCUT2D eigenvalue weighted by Gasteiger charge is -2.34. The molecule has 0 saturated carbocycles. The number of hydrogen-bond donors (Lipinski definition) is 1. The molecule has 0 aliphatic carbocycles. The summed E-state index contributed by atoms with van der Waals surface area (Å²) < 4.78 is 5.12. The zero-order valence-electron chi connectivity index (χ0n) is 24.3. The minimum Gasteiger partial charge on any atom is -0.466 e. The number of carbonyl (C=O) groups is 3. The summed E-state index contributed by atoms with van der Waals surface area (Å²) in [6.45, 7) is 5.47. The van der Waals surface area contributed by atoms with Crippen LogP contribution in [0.3, 0.4) is 0 Å². The lowest BCUT2D eigenvalue weighted by atomic mass is 10.0. The lowest BCUT2D eigenvalue weighted by Crippen LogP contribution is -2.57. The molecule has 0 radical (unpaired) electrons. The van der Waals surface area contributed by atoms with Gasteiger partial charge in [-0.05, 0) is 12.8 Å². The van der Waals surface area contributed by atoms with Crippen molar-refractivity contribution in [2.75, 3.05) is 19.7 Å². The zero-order chi connectivity index (χ0) is 27.0. The average molecular weight is 523 g/mol. The van der Waals surface area contributed by atoms with E-state index in [1.807, 2.05) is 6.92 Å². The highest BCUT2D eigenvalue weighted by Crippen LogP contribution is 2.16. The fraction of sp³-hybridized carbons (Fsp3) is 0.903. The van der Waals surface area contributed by atoms with Crippen LogP contribution >= 0.6 is 0 Å². The molecular weight excluding hydrogens is 464 g/mol. The molecule has 1 fully saturated rings. The van der Waals surface area contributed by atoms with Crippen LogP contribution in [0.25, 0.3) is 0 Å². The van der Waals surface area contributed by atoms with Crippen molar-refractivity contribution in [3.05, 3.63) is 0 Å². The summed E-state index contributed by atoms with van der Waals surface area (Å²) in [5.41, 5.74) is 0. The van der Waals surface area contributed by atoms with Gasteiger partial charge in [0.1, 0.15) is 6.04 Å². The van der Waals surface area contributed by atoms with Gasteiger partial charge in [0.25, 0.3) is 0 Å². The van der Waals surface area contributed by atoms with Crippen molar-refractivity contribution < 1.29 is 19.1 Å². The second kappa shape index (κ2) is 23.5. The molecule has 216 valence electrons. The summed E-state index contributed by atoms with van der Waals surface area (Å²) in [6, 6.07) is -0.731. The standard InChI is InChI=1S/C31H58N2O4/c1-3-5-6-7-8-9-10-11-12-13-14-15-16-17-18-19-20-21-22-23-29(34)33-25-24-32-31(36)28(33)27-30(35)37-26-4-2/h28H,3-27H2,1-2H3,(H,32,36). The van der Waals surface area contributed by atoms with Crippen molar-refractivity contribution >= 4 is 17.8 Å². The first-order valence-corrected chi connectivity index (χ1v) is 15.8. The molecule has 37 heavy (non-hydrogen) atoms. The smallest absolute Gasteiger partial charge is 0.308 e. The van der Waals surface area contributed by atoms with E-state index in [0.29, 0.717) is 26.1 Å². The Morgan fingerprint density at radius 3 is 1.65 bits per heavy atom. The van der Waals surface area contributed by atoms with Crippen molar-refractivity contribution in [1.29, 1.82) is 0 Å². The van der Waals surface area contributed by atoms with Crippen LogP contribution in [0, 0.1) is 0 Å². The summed E-state index contributed by atoms with van der Waals surface area (Å²) >= 11 is 0. The third kappa shape index (κ3) is 17.5. The van der Waals surface area contributed by atoms with Gasteiger partial charge >= 0.3 is 5.97 Å². The zero-order valence-corrected chi connectivity index (χ0v) is 24.3. The average Bonchev–Trinajstić information content (AvgIpc) is 2.89. The molecule has 1 heterocycles. The van der Waals surface area contributed by atoms with Crippen LogP contribution in [0.4, 0.5) is 0 Å². The number of esters is 1. The van der Waals surface area contributed by atoms with Crippen molar-refractivity contribution in [1.82, 2.24) is 10.2 Å². The molecule has 6 heteroatoms. The Balaban J connectivity index is 1.96. The Labute approximate surface area is 228 Å². The number of nitrogens with one attached hydrogen (secondary N) is 1. The van der Waals surface area contributed by atoms with Gasteiger partial charge in [-0.3, -0.25) is 14.4 Å². The molecule has 0 spiro atoms. The Bertz CT molecular complexity index is 596. The second-order valence-corrected chi connectivity index (χ2v) is 10.9. The predicted octanol–water partition coefficient (Wildman–Crippen LogP) is 7.48. The van der Waals surface area contributed by atoms with Gasteiger partial charge in [0.2, 0.25) is 11.8 Å². The first kappa shape index (κ1) is 33.4. The number of ether oxygens (including phenoxy) is 1. The van der Waals surface area contributed by atoms with Gasteiger partial charge in [0.15, 0.2) is 0 Å². The van der Waals surface area contributed by atoms with Crippen molar-refractivity contribution in [3.8, 4) is 0 Å². The van der Waals surface area contributed by atoms with Crippen LogP contribution in [-0.2, 0) is 19.1 Å². The molecule has 1 unspecified atom stereocenters. The number of unbranched alkanes of at least 4 members (excludes halogenated alkanes) is 18. The van der Waals surface area contributed by atoms with Crippen molar-refractivity contribution in [2.45, 2.75) is 161 Å². The summed E-state index contributed by atoms with van der Waals surface area (Å²) in [6.07, 6.45) is 26.3. The third-order valence-corrected chi connectivity index (χ3v) is 7.47. The predicted molar refractivity (Wildman–Crippen MR) is 152 cm³/mol. The van der Waals surface area contributed by atoms with Crippen molar-refractivity contribution in [3.63, 3.8) is 0 Å². The van der Waals surface area contributed by atoms with Gasteiger partial charge < -0.3 is 15.0 Å². The van der Waals surface area contributed by atoms with Crippen LogP contribution < -0.4 is 5.32 Å². The SMILES string of the molecule is CCCCCCCCCCCCCCCCCCCCCC(=O)N1CCNC(=O)C1CC(=O)OCCC. The molecule has 1 aliphatic rings. The molecule has 1 atom stereocenters. The van der Waals surface area contributed by atoms with Crippen LogP contribution in [-0.4, -0.2) is 48.4 Å². The molecule has 1 saturated heterocycles. The molecule has 0 aromatic rings. The van der Waals surface area contributed by atoms with Gasteiger partial charge in [-0.1, -0.05) is 129 Å². The Hall–Kier alpha value is -1.59. The molecule has 1 N–H and O–H groups in total. The highest BCUT2D eigenvalue weighted by molar-refractivity contribution is 5.91. The third-order valence-electron chi connectivity index (χ3n) is 7.47. The van der Waals surface area contributed by atoms with Crippen LogP contribution in [0.2, 0.25) is 0 Å². The van der Waals surface area contributed by atoms with E-state index in [9.17, 15) is 14.4 Å². The lowest BCUT2D eigenvalue weighted by molar-refractivity contribution is -0.152. The minimum atomic E-state index is -0.731. The van der Waals surface area contributed by atoms with Gasteiger partial charge in [0, 0.05) is 19.5 Å². The molecule has 2 amide bonds. The topological polar surface area (TPSA) is 75.7 Å². The number of hydrogen-bond acceptors (Lipinski definition) is 4. The molecule has 0 bridgehead atoms. The Morgan fingerprint density at radius 1 is 0.730 bits per heavy atom. The van der Waals surface area contributed by atoms with Crippen LogP contribution in [0.1, 0.15) is 155 Å². The normalized spacial score (nSPS) is 15.6.